The normalized spacial score (nSPS) is 13.3. The molecule has 0 atom stereocenters. The molecule has 0 bridgehead atoms. The molecular formula is C18H14FN3O2S. The summed E-state index contributed by atoms with van der Waals surface area (Å²) in [5.41, 5.74) is 2.65. The fourth-order valence-corrected chi connectivity index (χ4v) is 3.65. The summed E-state index contributed by atoms with van der Waals surface area (Å²) in [6.07, 6.45) is 4.56. The average molecular weight is 355 g/mol. The molecular weight excluding hydrogens is 341 g/mol. The zero-order valence-electron chi connectivity index (χ0n) is 13.1. The Bertz CT molecular complexity index is 930. The number of amides is 1. The number of carbonyl (C=O) groups excluding carboxylic acids is 1. The van der Waals surface area contributed by atoms with Crippen molar-refractivity contribution in [2.45, 2.75) is 11.5 Å². The number of furan rings is 1. The Balaban J connectivity index is 1.64. The second kappa shape index (κ2) is 6.60. The predicted octanol–water partition coefficient (Wildman–Crippen LogP) is 4.00. The highest BCUT2D eigenvalue weighted by molar-refractivity contribution is 7.98. The number of carbonyl (C=O) groups is 1. The molecule has 5 nitrogen and oxygen atoms in total. The third-order valence-electron chi connectivity index (χ3n) is 3.81. The lowest BCUT2D eigenvalue weighted by molar-refractivity contribution is -0.111. The van der Waals surface area contributed by atoms with Gasteiger partial charge < -0.3 is 9.73 Å². The van der Waals surface area contributed by atoms with Crippen LogP contribution in [0.2, 0.25) is 0 Å². The molecule has 0 aliphatic carbocycles. The van der Waals surface area contributed by atoms with E-state index in [4.69, 9.17) is 4.42 Å². The molecule has 0 radical (unpaired) electrons. The van der Waals surface area contributed by atoms with E-state index in [1.54, 1.807) is 53.0 Å². The fourth-order valence-electron chi connectivity index (χ4n) is 2.61. The molecule has 0 unspecified atom stereocenters. The number of anilines is 1. The van der Waals surface area contributed by atoms with Gasteiger partial charge in [0.15, 0.2) is 0 Å². The molecule has 126 valence electrons. The molecule has 1 N–H and O–H groups in total. The van der Waals surface area contributed by atoms with Crippen molar-refractivity contribution in [3.63, 3.8) is 0 Å². The van der Waals surface area contributed by atoms with E-state index in [9.17, 15) is 9.18 Å². The van der Waals surface area contributed by atoms with Crippen LogP contribution in [0.4, 0.5) is 10.2 Å². The Kier molecular flexibility index (Phi) is 4.15. The van der Waals surface area contributed by atoms with Gasteiger partial charge in [0, 0.05) is 23.1 Å². The van der Waals surface area contributed by atoms with Gasteiger partial charge in [-0.15, -0.1) is 0 Å². The molecule has 3 heterocycles. The van der Waals surface area contributed by atoms with Crippen molar-refractivity contribution in [2.75, 3.05) is 5.32 Å². The highest BCUT2D eigenvalue weighted by atomic mass is 32.2. The summed E-state index contributed by atoms with van der Waals surface area (Å²) >= 11 is 1.75. The smallest absolute Gasteiger partial charge is 0.249 e. The molecule has 4 rings (SSSR count). The fraction of sp³-hybridized carbons (Fsp3) is 0.111. The van der Waals surface area contributed by atoms with Crippen LogP contribution in [0.3, 0.4) is 0 Å². The van der Waals surface area contributed by atoms with Crippen molar-refractivity contribution in [2.24, 2.45) is 0 Å². The first-order valence-electron chi connectivity index (χ1n) is 7.68. The molecule has 1 aliphatic rings. The Morgan fingerprint density at radius 1 is 1.28 bits per heavy atom. The summed E-state index contributed by atoms with van der Waals surface area (Å²) in [4.78, 5) is 12.3. The average Bonchev–Trinajstić information content (AvgIpc) is 3.32. The molecule has 2 aromatic heterocycles. The molecule has 1 aromatic carbocycles. The lowest BCUT2D eigenvalue weighted by Gasteiger charge is -2.09. The van der Waals surface area contributed by atoms with Gasteiger partial charge in [-0.3, -0.25) is 4.79 Å². The van der Waals surface area contributed by atoms with Gasteiger partial charge in [-0.1, -0.05) is 0 Å². The van der Waals surface area contributed by atoms with Gasteiger partial charge in [0.05, 0.1) is 17.6 Å². The van der Waals surface area contributed by atoms with Gasteiger partial charge in [0.2, 0.25) is 5.91 Å². The zero-order valence-corrected chi connectivity index (χ0v) is 13.9. The number of hydrogen-bond acceptors (Lipinski definition) is 4. The maximum atomic E-state index is 13.2. The number of nitrogens with zero attached hydrogens (tertiary/aromatic N) is 2. The van der Waals surface area contributed by atoms with Gasteiger partial charge in [-0.05, 0) is 42.5 Å². The number of nitrogens with one attached hydrogen (secondary N) is 1. The first kappa shape index (κ1) is 15.7. The number of halogens is 1. The largest absolute Gasteiger partial charge is 0.465 e. The minimum atomic E-state index is -0.314. The van der Waals surface area contributed by atoms with Crippen LogP contribution in [0.25, 0.3) is 11.8 Å². The van der Waals surface area contributed by atoms with Crippen molar-refractivity contribution in [1.29, 1.82) is 0 Å². The van der Waals surface area contributed by atoms with Crippen LogP contribution in [0, 0.1) is 5.82 Å². The van der Waals surface area contributed by atoms with Gasteiger partial charge in [0.1, 0.15) is 17.4 Å². The Labute approximate surface area is 147 Å². The van der Waals surface area contributed by atoms with E-state index in [0.717, 1.165) is 22.8 Å². The highest BCUT2D eigenvalue weighted by Gasteiger charge is 2.24. The van der Waals surface area contributed by atoms with Crippen LogP contribution in [-0.2, 0) is 16.3 Å². The van der Waals surface area contributed by atoms with Crippen LogP contribution < -0.4 is 5.32 Å². The van der Waals surface area contributed by atoms with E-state index in [1.807, 2.05) is 0 Å². The third-order valence-corrected chi connectivity index (χ3v) is 4.78. The van der Waals surface area contributed by atoms with E-state index in [-0.39, 0.29) is 11.7 Å². The number of thioether (sulfide) groups is 1. The summed E-state index contributed by atoms with van der Waals surface area (Å²) in [6, 6.07) is 9.54. The monoisotopic (exact) mass is 355 g/mol. The predicted molar refractivity (Wildman–Crippen MR) is 94.9 cm³/mol. The van der Waals surface area contributed by atoms with Gasteiger partial charge >= 0.3 is 0 Å². The summed E-state index contributed by atoms with van der Waals surface area (Å²) < 4.78 is 20.0. The van der Waals surface area contributed by atoms with Crippen molar-refractivity contribution in [3.05, 3.63) is 71.6 Å². The second-order valence-electron chi connectivity index (χ2n) is 5.49. The number of aromatic nitrogens is 2. The third kappa shape index (κ3) is 3.23. The molecule has 25 heavy (non-hydrogen) atoms. The van der Waals surface area contributed by atoms with Gasteiger partial charge in [-0.25, -0.2) is 9.07 Å². The topological polar surface area (TPSA) is 60.1 Å². The van der Waals surface area contributed by atoms with Crippen LogP contribution in [0.15, 0.2) is 53.2 Å². The minimum absolute atomic E-state index is 0.278. The minimum Gasteiger partial charge on any atom is -0.465 e. The molecule has 0 fully saturated rings. The van der Waals surface area contributed by atoms with Crippen LogP contribution in [0.5, 0.6) is 0 Å². The van der Waals surface area contributed by atoms with E-state index < -0.39 is 0 Å². The molecule has 1 aliphatic heterocycles. The first-order valence-corrected chi connectivity index (χ1v) is 8.83. The molecule has 7 heteroatoms. The quantitative estimate of drug-likeness (QED) is 0.719. The highest BCUT2D eigenvalue weighted by Crippen LogP contribution is 2.36. The van der Waals surface area contributed by atoms with Crippen molar-refractivity contribution in [1.82, 2.24) is 9.78 Å². The van der Waals surface area contributed by atoms with Gasteiger partial charge in [-0.2, -0.15) is 16.9 Å². The van der Waals surface area contributed by atoms with Crippen LogP contribution >= 0.6 is 11.8 Å². The molecule has 1 amide bonds. The summed E-state index contributed by atoms with van der Waals surface area (Å²) in [6.45, 7) is 0. The molecule has 0 spiro atoms. The maximum absolute atomic E-state index is 13.2. The number of rotatable bonds is 4. The Morgan fingerprint density at radius 3 is 2.88 bits per heavy atom. The van der Waals surface area contributed by atoms with Crippen LogP contribution in [0.1, 0.15) is 17.0 Å². The molecule has 3 aromatic rings. The SMILES string of the molecule is O=C(/C=C\c1ccco1)Nc1c2c(nn1-c1ccc(F)cc1)CSC2. The summed E-state index contributed by atoms with van der Waals surface area (Å²) in [7, 11) is 0. The number of benzene rings is 1. The van der Waals surface area contributed by atoms with E-state index >= 15 is 0 Å². The molecule has 0 saturated heterocycles. The van der Waals surface area contributed by atoms with E-state index in [2.05, 4.69) is 10.4 Å². The van der Waals surface area contributed by atoms with E-state index in [0.29, 0.717) is 17.3 Å². The number of fused-ring (bicyclic) bond motifs is 1. The summed E-state index contributed by atoms with van der Waals surface area (Å²) in [5, 5.41) is 7.46. The lowest BCUT2D eigenvalue weighted by Crippen LogP contribution is -2.13. The lowest BCUT2D eigenvalue weighted by atomic mass is 10.2. The van der Waals surface area contributed by atoms with Crippen molar-refractivity contribution >= 4 is 29.6 Å². The zero-order chi connectivity index (χ0) is 17.2. The van der Waals surface area contributed by atoms with Crippen molar-refractivity contribution in [3.8, 4) is 5.69 Å². The molecule has 0 saturated carbocycles. The Hall–Kier alpha value is -2.80. The van der Waals surface area contributed by atoms with Crippen LogP contribution in [-0.4, -0.2) is 15.7 Å². The Morgan fingerprint density at radius 2 is 2.12 bits per heavy atom. The maximum Gasteiger partial charge on any atom is 0.249 e. The van der Waals surface area contributed by atoms with Crippen molar-refractivity contribution < 1.29 is 13.6 Å². The first-order chi connectivity index (χ1) is 12.2. The van der Waals surface area contributed by atoms with E-state index in [1.165, 1.54) is 18.2 Å². The summed E-state index contributed by atoms with van der Waals surface area (Å²) in [5.74, 6) is 2.22. The number of hydrogen-bond donors (Lipinski definition) is 1. The van der Waals surface area contributed by atoms with Gasteiger partial charge in [0.25, 0.3) is 0 Å². The second-order valence-corrected chi connectivity index (χ2v) is 6.48. The standard InChI is InChI=1S/C18H14FN3O2S/c19-12-3-5-13(6-4-12)22-18(15-10-25-11-16(15)21-22)20-17(23)8-7-14-2-1-9-24-14/h1-9H,10-11H2,(H,20,23)/b8-7-.